The lowest BCUT2D eigenvalue weighted by atomic mass is 9.87. The summed E-state index contributed by atoms with van der Waals surface area (Å²) in [5, 5.41) is 13.6. The number of carbonyl (C=O) groups excluding carboxylic acids is 2. The van der Waals surface area contributed by atoms with E-state index in [1.807, 2.05) is 12.3 Å². The highest BCUT2D eigenvalue weighted by Crippen LogP contribution is 2.29. The van der Waals surface area contributed by atoms with Gasteiger partial charge >= 0.3 is 0 Å². The van der Waals surface area contributed by atoms with Gasteiger partial charge in [0.05, 0.1) is 0 Å². The third-order valence-corrected chi connectivity index (χ3v) is 5.11. The number of hydrogen-bond acceptors (Lipinski definition) is 4. The highest BCUT2D eigenvalue weighted by Gasteiger charge is 2.42. The van der Waals surface area contributed by atoms with Crippen molar-refractivity contribution < 1.29 is 9.59 Å². The quantitative estimate of drug-likeness (QED) is 0.729. The molecule has 2 fully saturated rings. The molecule has 2 aliphatic rings. The molecule has 144 valence electrons. The number of halogens is 1. The van der Waals surface area contributed by atoms with Gasteiger partial charge < -0.3 is 16.0 Å². The smallest absolute Gasteiger partial charge is 0.252 e. The van der Waals surface area contributed by atoms with Crippen molar-refractivity contribution in [1.82, 2.24) is 20.4 Å². The topological polar surface area (TPSA) is 88.1 Å². The third kappa shape index (κ3) is 4.14. The molecule has 0 unspecified atom stereocenters. The van der Waals surface area contributed by atoms with Gasteiger partial charge in [0.1, 0.15) is 5.54 Å². The molecule has 0 spiro atoms. The summed E-state index contributed by atoms with van der Waals surface area (Å²) in [6.07, 6.45) is 7.03. The highest BCUT2D eigenvalue weighted by molar-refractivity contribution is 5.98. The first-order valence-corrected chi connectivity index (χ1v) is 9.11. The monoisotopic (exact) mass is 389 g/mol. The summed E-state index contributed by atoms with van der Waals surface area (Å²) < 4.78 is 1.76. The molecular weight excluding hydrogens is 366 g/mol. The normalized spacial score (nSPS) is 18.2. The van der Waals surface area contributed by atoms with Crippen molar-refractivity contribution in [3.8, 4) is 0 Å². The Bertz CT molecular complexity index is 781. The van der Waals surface area contributed by atoms with Crippen molar-refractivity contribution in [2.75, 3.05) is 18.4 Å². The van der Waals surface area contributed by atoms with Gasteiger partial charge in [0.2, 0.25) is 0 Å². The molecule has 1 aromatic carbocycles. The second kappa shape index (κ2) is 8.10. The van der Waals surface area contributed by atoms with Crippen LogP contribution in [0.25, 0.3) is 0 Å². The first-order valence-electron chi connectivity index (χ1n) is 9.11. The van der Waals surface area contributed by atoms with Crippen LogP contribution in [0.5, 0.6) is 0 Å². The van der Waals surface area contributed by atoms with Gasteiger partial charge in [-0.05, 0) is 69.1 Å². The average Bonchev–Trinajstić information content (AvgIpc) is 3.31. The minimum absolute atomic E-state index is 0. The van der Waals surface area contributed by atoms with E-state index in [0.29, 0.717) is 30.1 Å². The van der Waals surface area contributed by atoms with E-state index in [4.69, 9.17) is 0 Å². The fourth-order valence-corrected chi connectivity index (χ4v) is 3.37. The van der Waals surface area contributed by atoms with Crippen LogP contribution in [0.4, 0.5) is 5.69 Å². The standard InChI is InChI=1S/C19H23N5O2.ClH/c25-17(22-15-6-7-15)14-2-4-16(5-3-14)23-18(26)19(8-11-20-12-9-19)24-13-1-10-21-24;/h1-5,10,13,15,20H,6-9,11-12H2,(H,22,25)(H,23,26);1H. The molecule has 1 saturated carbocycles. The van der Waals surface area contributed by atoms with Crippen molar-refractivity contribution in [3.05, 3.63) is 48.3 Å². The number of anilines is 1. The summed E-state index contributed by atoms with van der Waals surface area (Å²) in [6.45, 7) is 1.54. The molecule has 7 nitrogen and oxygen atoms in total. The molecule has 2 amide bonds. The lowest BCUT2D eigenvalue weighted by Crippen LogP contribution is -2.52. The molecule has 2 aromatic rings. The summed E-state index contributed by atoms with van der Waals surface area (Å²) >= 11 is 0. The van der Waals surface area contributed by atoms with Crippen LogP contribution >= 0.6 is 12.4 Å². The largest absolute Gasteiger partial charge is 0.349 e. The van der Waals surface area contributed by atoms with Gasteiger partial charge in [-0.1, -0.05) is 0 Å². The molecule has 3 N–H and O–H groups in total. The number of rotatable bonds is 5. The van der Waals surface area contributed by atoms with Crippen LogP contribution in [0, 0.1) is 0 Å². The van der Waals surface area contributed by atoms with Crippen LogP contribution in [0.15, 0.2) is 42.7 Å². The molecule has 2 heterocycles. The van der Waals surface area contributed by atoms with E-state index in [0.717, 1.165) is 25.9 Å². The lowest BCUT2D eigenvalue weighted by Gasteiger charge is -2.36. The average molecular weight is 390 g/mol. The zero-order chi connectivity index (χ0) is 18.0. The van der Waals surface area contributed by atoms with Crippen molar-refractivity contribution in [1.29, 1.82) is 0 Å². The third-order valence-electron chi connectivity index (χ3n) is 5.11. The number of hydrogen-bond donors (Lipinski definition) is 3. The summed E-state index contributed by atoms with van der Waals surface area (Å²) in [5.41, 5.74) is 0.609. The molecule has 27 heavy (non-hydrogen) atoms. The molecule has 8 heteroatoms. The second-order valence-electron chi connectivity index (χ2n) is 7.01. The maximum absolute atomic E-state index is 13.1. The number of aromatic nitrogens is 2. The van der Waals surface area contributed by atoms with Crippen LogP contribution in [-0.2, 0) is 10.3 Å². The highest BCUT2D eigenvalue weighted by atomic mass is 35.5. The van der Waals surface area contributed by atoms with Gasteiger partial charge in [-0.3, -0.25) is 14.3 Å². The number of piperidine rings is 1. The maximum Gasteiger partial charge on any atom is 0.252 e. The molecule has 1 aliphatic heterocycles. The molecule has 0 atom stereocenters. The van der Waals surface area contributed by atoms with Gasteiger partial charge in [-0.2, -0.15) is 5.10 Å². The predicted molar refractivity (Wildman–Crippen MR) is 105 cm³/mol. The molecule has 0 bridgehead atoms. The zero-order valence-corrected chi connectivity index (χ0v) is 15.8. The Labute approximate surface area is 164 Å². The van der Waals surface area contributed by atoms with E-state index in [9.17, 15) is 9.59 Å². The molecule has 1 aromatic heterocycles. The fraction of sp³-hybridized carbons (Fsp3) is 0.421. The van der Waals surface area contributed by atoms with Gasteiger partial charge in [0, 0.05) is 29.7 Å². The Balaban J connectivity index is 0.00000210. The Kier molecular flexibility index (Phi) is 5.82. The van der Waals surface area contributed by atoms with Gasteiger partial charge in [-0.25, -0.2) is 0 Å². The second-order valence-corrected chi connectivity index (χ2v) is 7.01. The first kappa shape index (κ1) is 19.4. The Morgan fingerprint density at radius 2 is 1.85 bits per heavy atom. The zero-order valence-electron chi connectivity index (χ0n) is 15.0. The fourth-order valence-electron chi connectivity index (χ4n) is 3.37. The van der Waals surface area contributed by atoms with Crippen LogP contribution in [-0.4, -0.2) is 40.7 Å². The van der Waals surface area contributed by atoms with Crippen molar-refractivity contribution in [2.24, 2.45) is 0 Å². The van der Waals surface area contributed by atoms with Crippen LogP contribution < -0.4 is 16.0 Å². The summed E-state index contributed by atoms with van der Waals surface area (Å²) in [5.74, 6) is -0.130. The SMILES string of the molecule is Cl.O=C(NC1CC1)c1ccc(NC(=O)C2(n3cccn3)CCNCC2)cc1. The lowest BCUT2D eigenvalue weighted by molar-refractivity contribution is -0.126. The number of carbonyl (C=O) groups is 2. The minimum atomic E-state index is -0.684. The summed E-state index contributed by atoms with van der Waals surface area (Å²) in [4.78, 5) is 25.1. The van der Waals surface area contributed by atoms with Gasteiger partial charge in [-0.15, -0.1) is 12.4 Å². The summed E-state index contributed by atoms with van der Waals surface area (Å²) in [6, 6.07) is 9.21. The van der Waals surface area contributed by atoms with Gasteiger partial charge in [0.15, 0.2) is 0 Å². The van der Waals surface area contributed by atoms with Crippen LogP contribution in [0.1, 0.15) is 36.0 Å². The first-order chi connectivity index (χ1) is 12.7. The number of amides is 2. The summed E-state index contributed by atoms with van der Waals surface area (Å²) in [7, 11) is 0. The van der Waals surface area contributed by atoms with E-state index in [-0.39, 0.29) is 24.2 Å². The predicted octanol–water partition coefficient (Wildman–Crippen LogP) is 1.91. The minimum Gasteiger partial charge on any atom is -0.349 e. The number of nitrogens with one attached hydrogen (secondary N) is 3. The van der Waals surface area contributed by atoms with Crippen molar-refractivity contribution in [2.45, 2.75) is 37.3 Å². The molecule has 0 radical (unpaired) electrons. The van der Waals surface area contributed by atoms with Crippen LogP contribution in [0.3, 0.4) is 0 Å². The van der Waals surface area contributed by atoms with Crippen LogP contribution in [0.2, 0.25) is 0 Å². The Morgan fingerprint density at radius 1 is 1.15 bits per heavy atom. The molecule has 1 saturated heterocycles. The number of benzene rings is 1. The van der Waals surface area contributed by atoms with E-state index in [1.165, 1.54) is 0 Å². The van der Waals surface area contributed by atoms with E-state index in [2.05, 4.69) is 21.0 Å². The molecule has 1 aliphatic carbocycles. The van der Waals surface area contributed by atoms with Crippen molar-refractivity contribution >= 4 is 29.9 Å². The van der Waals surface area contributed by atoms with E-state index in [1.54, 1.807) is 35.1 Å². The van der Waals surface area contributed by atoms with E-state index >= 15 is 0 Å². The van der Waals surface area contributed by atoms with Gasteiger partial charge in [0.25, 0.3) is 11.8 Å². The number of nitrogens with zero attached hydrogens (tertiary/aromatic N) is 2. The Hall–Kier alpha value is -2.38. The molecular formula is C19H24ClN5O2. The Morgan fingerprint density at radius 3 is 2.44 bits per heavy atom. The maximum atomic E-state index is 13.1. The van der Waals surface area contributed by atoms with E-state index < -0.39 is 5.54 Å². The molecule has 4 rings (SSSR count). The van der Waals surface area contributed by atoms with Crippen molar-refractivity contribution in [3.63, 3.8) is 0 Å².